The Morgan fingerprint density at radius 1 is 1.34 bits per heavy atom. The van der Waals surface area contributed by atoms with Crippen LogP contribution in [-0.4, -0.2) is 70.6 Å². The third-order valence-corrected chi connectivity index (χ3v) is 5.36. The summed E-state index contributed by atoms with van der Waals surface area (Å²) in [7, 11) is 0. The van der Waals surface area contributed by atoms with Gasteiger partial charge in [0.05, 0.1) is 31.0 Å². The predicted octanol–water partition coefficient (Wildman–Crippen LogP) is 2.96. The second-order valence-electron chi connectivity index (χ2n) is 8.60. The second-order valence-corrected chi connectivity index (χ2v) is 8.94. The summed E-state index contributed by atoms with van der Waals surface area (Å²) in [6, 6.07) is -0.130. The van der Waals surface area contributed by atoms with E-state index in [9.17, 15) is 9.90 Å². The lowest BCUT2D eigenvalue weighted by Crippen LogP contribution is -2.47. The highest BCUT2D eigenvalue weighted by Crippen LogP contribution is 2.38. The first-order valence-corrected chi connectivity index (χ1v) is 10.6. The molecule has 2 aliphatic heterocycles. The van der Waals surface area contributed by atoms with Gasteiger partial charge in [0, 0.05) is 25.3 Å². The van der Waals surface area contributed by atoms with Crippen molar-refractivity contribution in [1.29, 1.82) is 0 Å². The molecule has 1 amide bonds. The highest BCUT2D eigenvalue weighted by Gasteiger charge is 2.37. The van der Waals surface area contributed by atoms with Gasteiger partial charge in [0.15, 0.2) is 0 Å². The fraction of sp³-hybridized carbons (Fsp3) is 0.750. The van der Waals surface area contributed by atoms with Crippen LogP contribution < -0.4 is 4.90 Å². The van der Waals surface area contributed by atoms with Crippen LogP contribution >= 0.6 is 11.6 Å². The van der Waals surface area contributed by atoms with Gasteiger partial charge in [-0.2, -0.15) is 0 Å². The minimum absolute atomic E-state index is 0.0418. The number of carbonyl (C=O) groups is 1. The zero-order valence-corrected chi connectivity index (χ0v) is 18.4. The fourth-order valence-corrected chi connectivity index (χ4v) is 4.08. The van der Waals surface area contributed by atoms with Crippen LogP contribution in [0.4, 0.5) is 10.6 Å². The number of carbonyl (C=O) groups excluding carboxylic acids is 1. The molecule has 2 unspecified atom stereocenters. The molecule has 0 aliphatic carbocycles. The van der Waals surface area contributed by atoms with E-state index in [1.165, 1.54) is 0 Å². The van der Waals surface area contributed by atoms with Gasteiger partial charge in [0.2, 0.25) is 5.28 Å². The van der Waals surface area contributed by atoms with E-state index in [0.717, 1.165) is 23.6 Å². The molecule has 3 rings (SSSR count). The van der Waals surface area contributed by atoms with E-state index in [2.05, 4.69) is 21.8 Å². The van der Waals surface area contributed by atoms with Crippen molar-refractivity contribution in [2.45, 2.75) is 64.6 Å². The summed E-state index contributed by atoms with van der Waals surface area (Å²) in [5, 5.41) is 9.55. The normalized spacial score (nSPS) is 22.4. The largest absolute Gasteiger partial charge is 0.444 e. The molecule has 1 fully saturated rings. The Morgan fingerprint density at radius 3 is 2.76 bits per heavy atom. The molecule has 3 heterocycles. The molecule has 8 nitrogen and oxygen atoms in total. The summed E-state index contributed by atoms with van der Waals surface area (Å²) in [4.78, 5) is 25.8. The van der Waals surface area contributed by atoms with Crippen molar-refractivity contribution in [2.75, 3.05) is 37.8 Å². The molecule has 1 N–H and O–H groups in total. The number of aromatic nitrogens is 2. The quantitative estimate of drug-likeness (QED) is 0.740. The summed E-state index contributed by atoms with van der Waals surface area (Å²) < 4.78 is 11.2. The number of hydrogen-bond donors (Lipinski definition) is 1. The number of aliphatic hydroxyl groups excluding tert-OH is 1. The van der Waals surface area contributed by atoms with E-state index < -0.39 is 5.60 Å². The maximum Gasteiger partial charge on any atom is 0.410 e. The van der Waals surface area contributed by atoms with Gasteiger partial charge in [-0.3, -0.25) is 4.90 Å². The van der Waals surface area contributed by atoms with Crippen LogP contribution in [-0.2, 0) is 15.9 Å². The van der Waals surface area contributed by atoms with E-state index in [4.69, 9.17) is 21.1 Å². The van der Waals surface area contributed by atoms with Gasteiger partial charge in [-0.15, -0.1) is 0 Å². The summed E-state index contributed by atoms with van der Waals surface area (Å²) in [6.07, 6.45) is 1.38. The minimum atomic E-state index is -0.587. The van der Waals surface area contributed by atoms with Gasteiger partial charge in [-0.25, -0.2) is 14.8 Å². The molecule has 162 valence electrons. The summed E-state index contributed by atoms with van der Waals surface area (Å²) in [5.74, 6) is 0.827. The van der Waals surface area contributed by atoms with Gasteiger partial charge in [0.25, 0.3) is 0 Å². The number of fused-ring (bicyclic) bond motifs is 1. The van der Waals surface area contributed by atoms with Gasteiger partial charge < -0.3 is 19.5 Å². The number of halogens is 1. The Hall–Kier alpha value is -1.64. The third-order valence-electron chi connectivity index (χ3n) is 5.19. The number of anilines is 1. The Bertz CT molecular complexity index is 740. The molecule has 29 heavy (non-hydrogen) atoms. The molecule has 2 aliphatic rings. The van der Waals surface area contributed by atoms with Gasteiger partial charge in [-0.1, -0.05) is 0 Å². The van der Waals surface area contributed by atoms with Crippen molar-refractivity contribution in [2.24, 2.45) is 0 Å². The Labute approximate surface area is 177 Å². The van der Waals surface area contributed by atoms with Crippen molar-refractivity contribution >= 4 is 23.5 Å². The lowest BCUT2D eigenvalue weighted by atomic mass is 9.94. The molecule has 0 bridgehead atoms. The van der Waals surface area contributed by atoms with Crippen LogP contribution in [0.15, 0.2) is 0 Å². The first-order valence-electron chi connectivity index (χ1n) is 10.2. The van der Waals surface area contributed by atoms with Crippen molar-refractivity contribution in [3.63, 3.8) is 0 Å². The molecule has 0 radical (unpaired) electrons. The van der Waals surface area contributed by atoms with Crippen molar-refractivity contribution < 1.29 is 19.4 Å². The second kappa shape index (κ2) is 9.02. The molecule has 9 heteroatoms. The summed E-state index contributed by atoms with van der Waals surface area (Å²) in [6.45, 7) is 10.2. The van der Waals surface area contributed by atoms with Crippen LogP contribution in [0.1, 0.15) is 57.8 Å². The maximum atomic E-state index is 12.9. The SMILES string of the molecule is CC1COCCN1c1nc(Cl)nc2c1CCN(C(=O)OC(C)(C)C)C2CCCO. The summed E-state index contributed by atoms with van der Waals surface area (Å²) in [5.41, 5.74) is 1.19. The van der Waals surface area contributed by atoms with E-state index in [-0.39, 0.29) is 30.1 Å². The summed E-state index contributed by atoms with van der Waals surface area (Å²) >= 11 is 6.32. The Balaban J connectivity index is 1.99. The highest BCUT2D eigenvalue weighted by molar-refractivity contribution is 6.28. The average Bonchev–Trinajstić information content (AvgIpc) is 2.64. The number of rotatable bonds is 4. The molecule has 2 atom stereocenters. The molecular formula is C20H31ClN4O4. The molecule has 0 saturated carbocycles. The van der Waals surface area contributed by atoms with Crippen molar-refractivity contribution in [3.8, 4) is 0 Å². The smallest absolute Gasteiger partial charge is 0.410 e. The number of nitrogens with zero attached hydrogens (tertiary/aromatic N) is 4. The fourth-order valence-electron chi connectivity index (χ4n) is 3.91. The zero-order chi connectivity index (χ0) is 21.2. The van der Waals surface area contributed by atoms with Crippen LogP contribution in [0.5, 0.6) is 0 Å². The number of ether oxygens (including phenoxy) is 2. The van der Waals surface area contributed by atoms with E-state index in [1.54, 1.807) is 4.90 Å². The average molecular weight is 427 g/mol. The van der Waals surface area contributed by atoms with Crippen molar-refractivity contribution in [1.82, 2.24) is 14.9 Å². The monoisotopic (exact) mass is 426 g/mol. The first kappa shape index (κ1) is 22.1. The molecule has 1 aromatic rings. The van der Waals surface area contributed by atoms with E-state index >= 15 is 0 Å². The van der Waals surface area contributed by atoms with Crippen LogP contribution in [0.3, 0.4) is 0 Å². The lowest BCUT2D eigenvalue weighted by molar-refractivity contribution is 0.0119. The van der Waals surface area contributed by atoms with Gasteiger partial charge in [-0.05, 0) is 58.6 Å². The number of hydrogen-bond acceptors (Lipinski definition) is 7. The van der Waals surface area contributed by atoms with Crippen LogP contribution in [0, 0.1) is 0 Å². The number of amides is 1. The third kappa shape index (κ3) is 5.10. The molecular weight excluding hydrogens is 396 g/mol. The molecule has 0 spiro atoms. The van der Waals surface area contributed by atoms with Crippen molar-refractivity contribution in [3.05, 3.63) is 16.5 Å². The van der Waals surface area contributed by atoms with E-state index in [0.29, 0.717) is 39.0 Å². The molecule has 0 aromatic carbocycles. The standard InChI is InChI=1S/C20H31ClN4O4/c1-13-12-28-11-9-24(13)17-14-7-8-25(19(27)29-20(2,3)4)15(6-5-10-26)16(14)22-18(21)23-17/h13,15,26H,5-12H2,1-4H3. The highest BCUT2D eigenvalue weighted by atomic mass is 35.5. The maximum absolute atomic E-state index is 12.9. The van der Waals surface area contributed by atoms with E-state index in [1.807, 2.05) is 20.8 Å². The first-order chi connectivity index (χ1) is 13.7. The van der Waals surface area contributed by atoms with Gasteiger partial charge >= 0.3 is 6.09 Å². The topological polar surface area (TPSA) is 88.0 Å². The lowest BCUT2D eigenvalue weighted by Gasteiger charge is -2.40. The number of morpholine rings is 1. The molecule has 1 saturated heterocycles. The Kier molecular flexibility index (Phi) is 6.86. The van der Waals surface area contributed by atoms with Crippen LogP contribution in [0.2, 0.25) is 5.28 Å². The molecule has 1 aromatic heterocycles. The predicted molar refractivity (Wildman–Crippen MR) is 110 cm³/mol. The minimum Gasteiger partial charge on any atom is -0.444 e. The Morgan fingerprint density at radius 2 is 2.10 bits per heavy atom. The van der Waals surface area contributed by atoms with Gasteiger partial charge in [0.1, 0.15) is 11.4 Å². The number of aliphatic hydroxyl groups is 1. The van der Waals surface area contributed by atoms with Crippen LogP contribution in [0.25, 0.3) is 0 Å². The zero-order valence-electron chi connectivity index (χ0n) is 17.7.